The molecule has 0 saturated carbocycles. The first-order chi connectivity index (χ1) is 10.6. The van der Waals surface area contributed by atoms with Crippen LogP contribution >= 0.6 is 0 Å². The summed E-state index contributed by atoms with van der Waals surface area (Å²) in [6, 6.07) is 10.2. The van der Waals surface area contributed by atoms with Gasteiger partial charge in [0.25, 0.3) is 0 Å². The van der Waals surface area contributed by atoms with E-state index in [0.29, 0.717) is 6.42 Å². The van der Waals surface area contributed by atoms with Crippen LogP contribution in [0.2, 0.25) is 0 Å². The number of carbonyl (C=O) groups excluding carboxylic acids is 1. The molecule has 5 nitrogen and oxygen atoms in total. The Hall–Kier alpha value is -2.43. The third-order valence-corrected chi connectivity index (χ3v) is 3.95. The summed E-state index contributed by atoms with van der Waals surface area (Å²) in [7, 11) is 0. The fraction of sp³-hybridized carbons (Fsp3) is 0.353. The van der Waals surface area contributed by atoms with Crippen LogP contribution < -0.4 is 10.2 Å². The van der Waals surface area contributed by atoms with Crippen LogP contribution in [0.5, 0.6) is 0 Å². The summed E-state index contributed by atoms with van der Waals surface area (Å²) >= 11 is 0. The van der Waals surface area contributed by atoms with Crippen molar-refractivity contribution in [1.82, 2.24) is 9.97 Å². The van der Waals surface area contributed by atoms with Crippen LogP contribution in [0.15, 0.2) is 36.7 Å². The number of aryl methyl sites for hydroxylation is 1. The lowest BCUT2D eigenvalue weighted by Crippen LogP contribution is -2.23. The summed E-state index contributed by atoms with van der Waals surface area (Å²) in [5.41, 5.74) is 3.08. The molecule has 114 valence electrons. The van der Waals surface area contributed by atoms with Gasteiger partial charge in [0.1, 0.15) is 12.1 Å². The number of rotatable bonds is 4. The summed E-state index contributed by atoms with van der Waals surface area (Å²) in [5.74, 6) is 1.04. The van der Waals surface area contributed by atoms with E-state index >= 15 is 0 Å². The summed E-state index contributed by atoms with van der Waals surface area (Å²) in [6.45, 7) is 4.86. The van der Waals surface area contributed by atoms with Crippen molar-refractivity contribution in [3.05, 3.63) is 47.9 Å². The van der Waals surface area contributed by atoms with Crippen molar-refractivity contribution in [2.24, 2.45) is 0 Å². The molecule has 22 heavy (non-hydrogen) atoms. The largest absolute Gasteiger partial charge is 0.363 e. The van der Waals surface area contributed by atoms with E-state index in [1.807, 2.05) is 30.0 Å². The zero-order chi connectivity index (χ0) is 15.5. The van der Waals surface area contributed by atoms with Gasteiger partial charge in [0.05, 0.1) is 0 Å². The van der Waals surface area contributed by atoms with E-state index in [2.05, 4.69) is 34.3 Å². The van der Waals surface area contributed by atoms with Crippen molar-refractivity contribution in [1.29, 1.82) is 0 Å². The first kappa shape index (κ1) is 14.5. The van der Waals surface area contributed by atoms with Crippen LogP contribution in [0.4, 0.5) is 11.5 Å². The number of anilines is 2. The molecule has 5 heteroatoms. The molecule has 2 aromatic rings. The van der Waals surface area contributed by atoms with E-state index in [-0.39, 0.29) is 11.9 Å². The Morgan fingerprint density at radius 2 is 2.00 bits per heavy atom. The number of aromatic nitrogens is 2. The van der Waals surface area contributed by atoms with Crippen molar-refractivity contribution in [3.8, 4) is 0 Å². The molecule has 3 rings (SSSR count). The van der Waals surface area contributed by atoms with Crippen molar-refractivity contribution >= 4 is 17.4 Å². The highest BCUT2D eigenvalue weighted by Gasteiger charge is 2.21. The summed E-state index contributed by atoms with van der Waals surface area (Å²) < 4.78 is 0. The Balaban J connectivity index is 1.70. The average molecular weight is 296 g/mol. The lowest BCUT2D eigenvalue weighted by Gasteiger charge is -2.18. The van der Waals surface area contributed by atoms with Gasteiger partial charge in [-0.05, 0) is 38.0 Å². The van der Waals surface area contributed by atoms with E-state index in [0.717, 1.165) is 35.7 Å². The molecule has 2 heterocycles. The topological polar surface area (TPSA) is 58.1 Å². The highest BCUT2D eigenvalue weighted by molar-refractivity contribution is 5.95. The summed E-state index contributed by atoms with van der Waals surface area (Å²) in [6.07, 6.45) is 3.17. The Labute approximate surface area is 130 Å². The molecule has 0 radical (unpaired) electrons. The zero-order valence-corrected chi connectivity index (χ0v) is 12.9. The number of benzene rings is 1. The average Bonchev–Trinajstić information content (AvgIpc) is 2.93. The second kappa shape index (κ2) is 6.13. The minimum absolute atomic E-state index is 0.137. The van der Waals surface area contributed by atoms with Crippen molar-refractivity contribution in [2.75, 3.05) is 16.8 Å². The molecule has 1 aromatic carbocycles. The smallest absolute Gasteiger partial charge is 0.227 e. The lowest BCUT2D eigenvalue weighted by atomic mass is 10.1. The maximum atomic E-state index is 11.8. The Morgan fingerprint density at radius 3 is 2.64 bits per heavy atom. The van der Waals surface area contributed by atoms with Gasteiger partial charge in [0, 0.05) is 36.5 Å². The number of amides is 1. The molecule has 1 aromatic heterocycles. The van der Waals surface area contributed by atoms with Crippen molar-refractivity contribution < 1.29 is 4.79 Å². The molecule has 1 atom stereocenters. The molecular weight excluding hydrogens is 276 g/mol. The van der Waals surface area contributed by atoms with Gasteiger partial charge in [-0.2, -0.15) is 0 Å². The molecule has 1 aliphatic heterocycles. The van der Waals surface area contributed by atoms with Crippen LogP contribution in [0.3, 0.4) is 0 Å². The third-order valence-electron chi connectivity index (χ3n) is 3.95. The highest BCUT2D eigenvalue weighted by atomic mass is 16.2. The number of hydrogen-bond donors (Lipinski definition) is 1. The minimum atomic E-state index is 0.137. The van der Waals surface area contributed by atoms with Crippen molar-refractivity contribution in [3.63, 3.8) is 0 Å². The van der Waals surface area contributed by atoms with Crippen LogP contribution in [0.25, 0.3) is 0 Å². The predicted octanol–water partition coefficient (Wildman–Crippen LogP) is 3.08. The van der Waals surface area contributed by atoms with E-state index in [9.17, 15) is 4.79 Å². The van der Waals surface area contributed by atoms with Gasteiger partial charge in [-0.25, -0.2) is 9.97 Å². The van der Waals surface area contributed by atoms with Crippen LogP contribution in [0.1, 0.15) is 37.1 Å². The fourth-order valence-electron chi connectivity index (χ4n) is 2.70. The van der Waals surface area contributed by atoms with Gasteiger partial charge in [-0.1, -0.05) is 12.1 Å². The predicted molar refractivity (Wildman–Crippen MR) is 86.8 cm³/mol. The van der Waals surface area contributed by atoms with Crippen LogP contribution in [0, 0.1) is 6.92 Å². The summed E-state index contributed by atoms with van der Waals surface area (Å²) in [5, 5.41) is 3.37. The molecule has 1 amide bonds. The van der Waals surface area contributed by atoms with Crippen LogP contribution in [-0.2, 0) is 4.79 Å². The molecule has 0 bridgehead atoms. The van der Waals surface area contributed by atoms with E-state index in [4.69, 9.17) is 0 Å². The number of hydrogen-bond acceptors (Lipinski definition) is 4. The SMILES string of the molecule is Cc1cc(NC(C)c2ccc(N3CCCC3=O)cc2)ncn1. The first-order valence-corrected chi connectivity index (χ1v) is 7.59. The normalized spacial score (nSPS) is 15.9. The highest BCUT2D eigenvalue weighted by Crippen LogP contribution is 2.24. The maximum absolute atomic E-state index is 11.8. The molecule has 1 unspecified atom stereocenters. The Morgan fingerprint density at radius 1 is 1.23 bits per heavy atom. The fourth-order valence-corrected chi connectivity index (χ4v) is 2.70. The molecule has 0 aliphatic carbocycles. The third kappa shape index (κ3) is 3.08. The molecule has 1 aliphatic rings. The maximum Gasteiger partial charge on any atom is 0.227 e. The van der Waals surface area contributed by atoms with Gasteiger partial charge < -0.3 is 10.2 Å². The molecule has 1 fully saturated rings. The van der Waals surface area contributed by atoms with Crippen molar-refractivity contribution in [2.45, 2.75) is 32.7 Å². The number of nitrogens with zero attached hydrogens (tertiary/aromatic N) is 3. The zero-order valence-electron chi connectivity index (χ0n) is 12.9. The summed E-state index contributed by atoms with van der Waals surface area (Å²) in [4.78, 5) is 21.9. The van der Waals surface area contributed by atoms with Gasteiger partial charge in [-0.15, -0.1) is 0 Å². The minimum Gasteiger partial charge on any atom is -0.363 e. The van der Waals surface area contributed by atoms with Crippen LogP contribution in [-0.4, -0.2) is 22.4 Å². The standard InChI is InChI=1S/C17H20N4O/c1-12-10-16(19-11-18-12)20-13(2)14-5-7-15(8-6-14)21-9-3-4-17(21)22/h5-8,10-11,13H,3-4,9H2,1-2H3,(H,18,19,20). The Kier molecular flexibility index (Phi) is 4.04. The molecule has 0 spiro atoms. The number of carbonyl (C=O) groups is 1. The van der Waals surface area contributed by atoms with E-state index < -0.39 is 0 Å². The quantitative estimate of drug-likeness (QED) is 0.942. The number of nitrogens with one attached hydrogen (secondary N) is 1. The van der Waals surface area contributed by atoms with E-state index in [1.165, 1.54) is 0 Å². The second-order valence-electron chi connectivity index (χ2n) is 5.65. The molecular formula is C17H20N4O. The van der Waals surface area contributed by atoms with Gasteiger partial charge in [-0.3, -0.25) is 4.79 Å². The second-order valence-corrected chi connectivity index (χ2v) is 5.65. The van der Waals surface area contributed by atoms with Gasteiger partial charge in [0.15, 0.2) is 0 Å². The Bertz CT molecular complexity index is 669. The molecule has 1 N–H and O–H groups in total. The first-order valence-electron chi connectivity index (χ1n) is 7.59. The van der Waals surface area contributed by atoms with Gasteiger partial charge >= 0.3 is 0 Å². The lowest BCUT2D eigenvalue weighted by molar-refractivity contribution is -0.117. The van der Waals surface area contributed by atoms with Gasteiger partial charge in [0.2, 0.25) is 5.91 Å². The monoisotopic (exact) mass is 296 g/mol. The molecule has 1 saturated heterocycles. The van der Waals surface area contributed by atoms with E-state index in [1.54, 1.807) is 6.33 Å².